The van der Waals surface area contributed by atoms with Crippen molar-refractivity contribution in [3.05, 3.63) is 60.2 Å². The Morgan fingerprint density at radius 1 is 1.06 bits per heavy atom. The van der Waals surface area contributed by atoms with Gasteiger partial charge in [-0.25, -0.2) is 0 Å². The van der Waals surface area contributed by atoms with Crippen LogP contribution in [-0.2, 0) is 25.5 Å². The fourth-order valence-corrected chi connectivity index (χ4v) is 4.66. The monoisotopic (exact) mass is 464 g/mol. The molecule has 0 aromatic heterocycles. The van der Waals surface area contributed by atoms with Gasteiger partial charge in [-0.3, -0.25) is 14.4 Å². The third-order valence-corrected chi connectivity index (χ3v) is 6.56. The molecule has 0 saturated carbocycles. The molecule has 34 heavy (non-hydrogen) atoms. The fourth-order valence-electron chi connectivity index (χ4n) is 4.66. The lowest BCUT2D eigenvalue weighted by atomic mass is 9.90. The highest BCUT2D eigenvalue weighted by Gasteiger charge is 2.32. The van der Waals surface area contributed by atoms with E-state index in [4.69, 9.17) is 9.47 Å². The minimum atomic E-state index is -0.843. The van der Waals surface area contributed by atoms with Crippen LogP contribution < -0.4 is 9.64 Å². The van der Waals surface area contributed by atoms with Gasteiger partial charge in [0.15, 0.2) is 12.2 Å². The van der Waals surface area contributed by atoms with Gasteiger partial charge in [-0.05, 0) is 56.7 Å². The first-order valence-corrected chi connectivity index (χ1v) is 12.0. The number of anilines is 1. The van der Waals surface area contributed by atoms with E-state index in [-0.39, 0.29) is 24.8 Å². The molecular formula is C27H32N2O5. The molecule has 2 amide bonds. The molecule has 2 atom stereocenters. The summed E-state index contributed by atoms with van der Waals surface area (Å²) < 4.78 is 11.1. The topological polar surface area (TPSA) is 76.1 Å². The van der Waals surface area contributed by atoms with Gasteiger partial charge in [0.2, 0.25) is 0 Å². The van der Waals surface area contributed by atoms with E-state index in [1.54, 1.807) is 35.8 Å². The summed E-state index contributed by atoms with van der Waals surface area (Å²) in [7, 11) is 0. The molecule has 0 radical (unpaired) electrons. The molecule has 180 valence electrons. The predicted molar refractivity (Wildman–Crippen MR) is 129 cm³/mol. The lowest BCUT2D eigenvalue weighted by Gasteiger charge is -2.34. The summed E-state index contributed by atoms with van der Waals surface area (Å²) in [6.07, 6.45) is 1.45. The zero-order chi connectivity index (χ0) is 24.1. The molecule has 4 rings (SSSR count). The maximum Gasteiger partial charge on any atom is 0.308 e. The number of piperidine rings is 1. The number of carbonyl (C=O) groups is 3. The molecule has 7 heteroatoms. The van der Waals surface area contributed by atoms with Crippen molar-refractivity contribution in [2.45, 2.75) is 51.7 Å². The van der Waals surface area contributed by atoms with E-state index in [9.17, 15) is 14.4 Å². The summed E-state index contributed by atoms with van der Waals surface area (Å²) in [5, 5.41) is 0. The Morgan fingerprint density at radius 3 is 2.47 bits per heavy atom. The first-order chi connectivity index (χ1) is 16.4. The van der Waals surface area contributed by atoms with Crippen LogP contribution in [0.3, 0.4) is 0 Å². The van der Waals surface area contributed by atoms with Crippen LogP contribution in [0.1, 0.15) is 38.7 Å². The molecule has 2 aliphatic heterocycles. The molecule has 0 unspecified atom stereocenters. The van der Waals surface area contributed by atoms with Crippen LogP contribution in [0.15, 0.2) is 54.6 Å². The van der Waals surface area contributed by atoms with Crippen LogP contribution >= 0.6 is 0 Å². The third kappa shape index (κ3) is 5.58. The highest BCUT2D eigenvalue weighted by molar-refractivity contribution is 6.00. The van der Waals surface area contributed by atoms with E-state index < -0.39 is 18.2 Å². The first-order valence-electron chi connectivity index (χ1n) is 12.0. The lowest BCUT2D eigenvalue weighted by Crippen LogP contribution is -2.46. The number of ether oxygens (including phenoxy) is 2. The molecule has 0 N–H and O–H groups in total. The molecule has 0 aliphatic carbocycles. The van der Waals surface area contributed by atoms with E-state index in [1.807, 2.05) is 18.2 Å². The number of esters is 1. The van der Waals surface area contributed by atoms with E-state index >= 15 is 0 Å². The summed E-state index contributed by atoms with van der Waals surface area (Å²) in [4.78, 5) is 41.2. The standard InChI is InChI=1S/C27H32N2O5/c1-19(26(31)28-15-12-22(13-16-28)18-21-8-4-3-5-9-21)34-25(30)14-17-29-23-10-6-7-11-24(23)33-20(2)27(29)32/h3-11,19-20,22H,12-18H2,1-2H3/t19-,20+/m0/s1. The van der Waals surface area contributed by atoms with E-state index in [2.05, 4.69) is 24.3 Å². The molecule has 2 aliphatic rings. The second kappa shape index (κ2) is 10.7. The quantitative estimate of drug-likeness (QED) is 0.585. The molecule has 0 bridgehead atoms. The SMILES string of the molecule is C[C@H](OC(=O)CCN1C(=O)[C@@H](C)Oc2ccccc21)C(=O)N1CCC(Cc2ccccc2)CC1. The zero-order valence-corrected chi connectivity index (χ0v) is 19.8. The van der Waals surface area contributed by atoms with Gasteiger partial charge in [-0.15, -0.1) is 0 Å². The number of rotatable bonds is 7. The molecule has 7 nitrogen and oxygen atoms in total. The number of nitrogens with zero attached hydrogens (tertiary/aromatic N) is 2. The largest absolute Gasteiger partial charge is 0.479 e. The van der Waals surface area contributed by atoms with Crippen molar-refractivity contribution in [3.63, 3.8) is 0 Å². The van der Waals surface area contributed by atoms with Crippen LogP contribution in [0.2, 0.25) is 0 Å². The Balaban J connectivity index is 1.24. The van der Waals surface area contributed by atoms with Gasteiger partial charge in [-0.2, -0.15) is 0 Å². The van der Waals surface area contributed by atoms with E-state index in [0.29, 0.717) is 30.4 Å². The molecule has 1 saturated heterocycles. The maximum absolute atomic E-state index is 12.8. The van der Waals surface area contributed by atoms with Crippen LogP contribution in [0.5, 0.6) is 5.75 Å². The van der Waals surface area contributed by atoms with Gasteiger partial charge in [-0.1, -0.05) is 42.5 Å². The van der Waals surface area contributed by atoms with Crippen molar-refractivity contribution in [1.29, 1.82) is 0 Å². The summed E-state index contributed by atoms with van der Waals surface area (Å²) >= 11 is 0. The number of carbonyl (C=O) groups excluding carboxylic acids is 3. The molecule has 2 heterocycles. The summed E-state index contributed by atoms with van der Waals surface area (Å²) in [5.41, 5.74) is 1.96. The average Bonchev–Trinajstić information content (AvgIpc) is 2.85. The number of amides is 2. The summed E-state index contributed by atoms with van der Waals surface area (Å²) in [6.45, 7) is 4.83. The van der Waals surface area contributed by atoms with Gasteiger partial charge in [0, 0.05) is 19.6 Å². The van der Waals surface area contributed by atoms with Crippen molar-refractivity contribution < 1.29 is 23.9 Å². The van der Waals surface area contributed by atoms with Crippen molar-refractivity contribution in [2.24, 2.45) is 5.92 Å². The minimum absolute atomic E-state index is 0.00354. The summed E-state index contributed by atoms with van der Waals surface area (Å²) in [6, 6.07) is 17.7. The highest BCUT2D eigenvalue weighted by atomic mass is 16.5. The molecule has 1 fully saturated rings. The van der Waals surface area contributed by atoms with Crippen LogP contribution in [0.25, 0.3) is 0 Å². The van der Waals surface area contributed by atoms with Gasteiger partial charge in [0.05, 0.1) is 12.1 Å². The van der Waals surface area contributed by atoms with Crippen molar-refractivity contribution in [1.82, 2.24) is 4.90 Å². The summed E-state index contributed by atoms with van der Waals surface area (Å²) in [5.74, 6) is 0.314. The predicted octanol–water partition coefficient (Wildman–Crippen LogP) is 3.60. The van der Waals surface area contributed by atoms with Crippen molar-refractivity contribution >= 4 is 23.5 Å². The third-order valence-electron chi connectivity index (χ3n) is 6.56. The number of fused-ring (bicyclic) bond motifs is 1. The van der Waals surface area contributed by atoms with E-state index in [0.717, 1.165) is 19.3 Å². The number of hydrogen-bond acceptors (Lipinski definition) is 5. The molecule has 2 aromatic rings. The Morgan fingerprint density at radius 2 is 1.74 bits per heavy atom. The fraction of sp³-hybridized carbons (Fsp3) is 0.444. The minimum Gasteiger partial charge on any atom is -0.479 e. The Labute approximate surface area is 200 Å². The Kier molecular flexibility index (Phi) is 7.50. The second-order valence-corrected chi connectivity index (χ2v) is 9.06. The highest BCUT2D eigenvalue weighted by Crippen LogP contribution is 2.33. The van der Waals surface area contributed by atoms with Crippen LogP contribution in [0, 0.1) is 5.92 Å². The number of benzene rings is 2. The van der Waals surface area contributed by atoms with Gasteiger partial charge >= 0.3 is 5.97 Å². The average molecular weight is 465 g/mol. The molecule has 0 spiro atoms. The number of likely N-dealkylation sites (tertiary alicyclic amines) is 1. The molecular weight excluding hydrogens is 432 g/mol. The van der Waals surface area contributed by atoms with Crippen molar-refractivity contribution in [2.75, 3.05) is 24.5 Å². The first kappa shape index (κ1) is 23.8. The van der Waals surface area contributed by atoms with Gasteiger partial charge in [0.1, 0.15) is 5.75 Å². The molecule has 2 aromatic carbocycles. The maximum atomic E-state index is 12.8. The van der Waals surface area contributed by atoms with Crippen LogP contribution in [-0.4, -0.2) is 54.5 Å². The van der Waals surface area contributed by atoms with Crippen LogP contribution in [0.4, 0.5) is 5.69 Å². The smallest absolute Gasteiger partial charge is 0.308 e. The number of hydrogen-bond donors (Lipinski definition) is 0. The van der Waals surface area contributed by atoms with Crippen molar-refractivity contribution in [3.8, 4) is 5.75 Å². The number of para-hydroxylation sites is 2. The van der Waals surface area contributed by atoms with E-state index in [1.165, 1.54) is 5.56 Å². The Hall–Kier alpha value is -3.35. The Bertz CT molecular complexity index is 1020. The van der Waals surface area contributed by atoms with Gasteiger partial charge in [0.25, 0.3) is 11.8 Å². The normalized spacial score (nSPS) is 19.2. The zero-order valence-electron chi connectivity index (χ0n) is 19.8. The lowest BCUT2D eigenvalue weighted by molar-refractivity contribution is -0.159. The second-order valence-electron chi connectivity index (χ2n) is 9.06. The van der Waals surface area contributed by atoms with Gasteiger partial charge < -0.3 is 19.3 Å².